The van der Waals surface area contributed by atoms with Gasteiger partial charge in [0.05, 0.1) is 6.04 Å². The van der Waals surface area contributed by atoms with E-state index >= 15 is 0 Å². The molecule has 8 heteroatoms. The van der Waals surface area contributed by atoms with Gasteiger partial charge in [0.25, 0.3) is 0 Å². The van der Waals surface area contributed by atoms with Crippen molar-refractivity contribution < 1.29 is 14.4 Å². The number of amides is 3. The quantitative estimate of drug-likeness (QED) is 0.604. The van der Waals surface area contributed by atoms with Gasteiger partial charge in [-0.15, -0.1) is 0 Å². The van der Waals surface area contributed by atoms with E-state index < -0.39 is 17.6 Å². The summed E-state index contributed by atoms with van der Waals surface area (Å²) in [4.78, 5) is 46.2. The van der Waals surface area contributed by atoms with Gasteiger partial charge in [-0.05, 0) is 50.1 Å². The monoisotopic (exact) mass is 478 g/mol. The third-order valence-electron chi connectivity index (χ3n) is 6.38. The fourth-order valence-corrected chi connectivity index (χ4v) is 5.21. The minimum absolute atomic E-state index is 0.132. The van der Waals surface area contributed by atoms with Crippen LogP contribution in [0.1, 0.15) is 43.6 Å². The second kappa shape index (κ2) is 8.17. The first-order chi connectivity index (χ1) is 16.1. The summed E-state index contributed by atoms with van der Waals surface area (Å²) < 4.78 is 0. The number of hydrogen-bond acceptors (Lipinski definition) is 3. The zero-order chi connectivity index (χ0) is 24.2. The highest BCUT2D eigenvalue weighted by Gasteiger charge is 2.48. The molecule has 5 rings (SSSR count). The number of fused-ring (bicyclic) bond motifs is 4. The number of hydrogen-bond donors (Lipinski definition) is 2. The SMILES string of the molecule is CC(C)(C)NC(=O)CN1CC(=O)N2C(c3ccc(Cl)cc3)c3[nH]c4ccccc4c3C[C@H]2C1=O. The molecular weight excluding hydrogens is 452 g/mol. The van der Waals surface area contributed by atoms with E-state index in [1.807, 2.05) is 57.2 Å². The Morgan fingerprint density at radius 2 is 1.82 bits per heavy atom. The summed E-state index contributed by atoms with van der Waals surface area (Å²) in [5, 5.41) is 4.52. The highest BCUT2D eigenvalue weighted by molar-refractivity contribution is 6.30. The maximum Gasteiger partial charge on any atom is 0.246 e. The van der Waals surface area contributed by atoms with Crippen LogP contribution in [-0.2, 0) is 20.8 Å². The van der Waals surface area contributed by atoms with E-state index in [0.717, 1.165) is 27.7 Å². The van der Waals surface area contributed by atoms with Crippen molar-refractivity contribution in [3.8, 4) is 0 Å². The van der Waals surface area contributed by atoms with Crippen molar-refractivity contribution in [1.82, 2.24) is 20.1 Å². The number of para-hydroxylation sites is 1. The molecule has 34 heavy (non-hydrogen) atoms. The molecule has 7 nitrogen and oxygen atoms in total. The van der Waals surface area contributed by atoms with Gasteiger partial charge in [0.1, 0.15) is 19.1 Å². The van der Waals surface area contributed by atoms with E-state index in [0.29, 0.717) is 11.4 Å². The number of carbonyl (C=O) groups excluding carboxylic acids is 3. The molecule has 0 aliphatic carbocycles. The molecule has 176 valence electrons. The van der Waals surface area contributed by atoms with Crippen molar-refractivity contribution in [3.05, 3.63) is 70.4 Å². The molecule has 1 unspecified atom stereocenters. The van der Waals surface area contributed by atoms with Crippen LogP contribution >= 0.6 is 11.6 Å². The predicted molar refractivity (Wildman–Crippen MR) is 130 cm³/mol. The second-order valence-electron chi connectivity index (χ2n) is 10.0. The highest BCUT2D eigenvalue weighted by atomic mass is 35.5. The Labute approximate surface area is 203 Å². The van der Waals surface area contributed by atoms with Crippen molar-refractivity contribution in [2.75, 3.05) is 13.1 Å². The lowest BCUT2D eigenvalue weighted by molar-refractivity contribution is -0.159. The van der Waals surface area contributed by atoms with Crippen molar-refractivity contribution in [2.24, 2.45) is 0 Å². The molecular formula is C26H27ClN4O3. The van der Waals surface area contributed by atoms with Gasteiger partial charge in [-0.3, -0.25) is 14.4 Å². The second-order valence-corrected chi connectivity index (χ2v) is 10.5. The third kappa shape index (κ3) is 3.94. The van der Waals surface area contributed by atoms with E-state index in [1.165, 1.54) is 4.90 Å². The lowest BCUT2D eigenvalue weighted by Gasteiger charge is -2.47. The van der Waals surface area contributed by atoms with Gasteiger partial charge in [-0.2, -0.15) is 0 Å². The van der Waals surface area contributed by atoms with E-state index in [-0.39, 0.29) is 30.8 Å². The number of benzene rings is 2. The standard InChI is InChI=1S/C26H27ClN4O3/c1-26(2,3)29-21(32)13-30-14-22(33)31-20(25(30)34)12-18-17-6-4-5-7-19(17)28-23(18)24(31)15-8-10-16(27)11-9-15/h4-11,20,24,28H,12-14H2,1-3H3,(H,29,32)/t20-,24?/m0/s1. The lowest BCUT2D eigenvalue weighted by Crippen LogP contribution is -2.64. The number of halogens is 1. The summed E-state index contributed by atoms with van der Waals surface area (Å²) in [6.07, 6.45) is 0.394. The van der Waals surface area contributed by atoms with Gasteiger partial charge < -0.3 is 20.1 Å². The Bertz CT molecular complexity index is 1290. The molecule has 0 saturated carbocycles. The smallest absolute Gasteiger partial charge is 0.246 e. The Balaban J connectivity index is 1.56. The molecule has 3 aromatic rings. The first-order valence-electron chi connectivity index (χ1n) is 11.4. The number of piperazine rings is 1. The summed E-state index contributed by atoms with van der Waals surface area (Å²) in [7, 11) is 0. The van der Waals surface area contributed by atoms with Crippen LogP contribution in [-0.4, -0.2) is 57.2 Å². The average molecular weight is 479 g/mol. The van der Waals surface area contributed by atoms with E-state index in [2.05, 4.69) is 10.3 Å². The number of aromatic nitrogens is 1. The van der Waals surface area contributed by atoms with Crippen LogP contribution in [0.25, 0.3) is 10.9 Å². The molecule has 1 fully saturated rings. The maximum absolute atomic E-state index is 13.6. The zero-order valence-corrected chi connectivity index (χ0v) is 20.1. The number of nitrogens with one attached hydrogen (secondary N) is 2. The van der Waals surface area contributed by atoms with Gasteiger partial charge in [-0.25, -0.2) is 0 Å². The molecule has 2 aromatic carbocycles. The van der Waals surface area contributed by atoms with Gasteiger partial charge in [0, 0.05) is 33.6 Å². The minimum atomic E-state index is -0.684. The highest BCUT2D eigenvalue weighted by Crippen LogP contribution is 2.42. The molecule has 0 radical (unpaired) electrons. The molecule has 2 aliphatic heterocycles. The lowest BCUT2D eigenvalue weighted by atomic mass is 9.86. The summed E-state index contributed by atoms with van der Waals surface area (Å²) in [5.41, 5.74) is 3.36. The summed E-state index contributed by atoms with van der Waals surface area (Å²) >= 11 is 6.13. The van der Waals surface area contributed by atoms with Gasteiger partial charge in [-0.1, -0.05) is 41.9 Å². The van der Waals surface area contributed by atoms with Crippen LogP contribution in [0.15, 0.2) is 48.5 Å². The Morgan fingerprint density at radius 1 is 1.12 bits per heavy atom. The average Bonchev–Trinajstić information content (AvgIpc) is 3.14. The van der Waals surface area contributed by atoms with Crippen molar-refractivity contribution in [2.45, 2.75) is 44.8 Å². The summed E-state index contributed by atoms with van der Waals surface area (Å²) in [5.74, 6) is -0.670. The molecule has 1 aromatic heterocycles. The van der Waals surface area contributed by atoms with Gasteiger partial charge in [0.15, 0.2) is 0 Å². The number of rotatable bonds is 3. The van der Waals surface area contributed by atoms with E-state index in [1.54, 1.807) is 17.0 Å². The maximum atomic E-state index is 13.6. The largest absolute Gasteiger partial charge is 0.356 e. The molecule has 1 saturated heterocycles. The first kappa shape index (κ1) is 22.5. The topological polar surface area (TPSA) is 85.5 Å². The van der Waals surface area contributed by atoms with Crippen LogP contribution < -0.4 is 5.32 Å². The normalized spacial score (nSPS) is 20.4. The summed E-state index contributed by atoms with van der Waals surface area (Å²) in [6.45, 7) is 5.37. The van der Waals surface area contributed by atoms with Gasteiger partial charge in [0.2, 0.25) is 17.7 Å². The van der Waals surface area contributed by atoms with Crippen LogP contribution in [0, 0.1) is 0 Å². The Morgan fingerprint density at radius 3 is 2.53 bits per heavy atom. The van der Waals surface area contributed by atoms with E-state index in [4.69, 9.17) is 11.6 Å². The number of nitrogens with zero attached hydrogens (tertiary/aromatic N) is 2. The molecule has 2 atom stereocenters. The molecule has 0 bridgehead atoms. The predicted octanol–water partition coefficient (Wildman–Crippen LogP) is 3.42. The van der Waals surface area contributed by atoms with Crippen molar-refractivity contribution in [3.63, 3.8) is 0 Å². The van der Waals surface area contributed by atoms with E-state index in [9.17, 15) is 14.4 Å². The van der Waals surface area contributed by atoms with Gasteiger partial charge >= 0.3 is 0 Å². The number of aromatic amines is 1. The fraction of sp³-hybridized carbons (Fsp3) is 0.346. The molecule has 2 N–H and O–H groups in total. The first-order valence-corrected chi connectivity index (χ1v) is 11.8. The van der Waals surface area contributed by atoms with Crippen LogP contribution in [0.2, 0.25) is 5.02 Å². The van der Waals surface area contributed by atoms with Crippen LogP contribution in [0.5, 0.6) is 0 Å². The number of H-pyrrole nitrogens is 1. The Hall–Kier alpha value is -3.32. The minimum Gasteiger partial charge on any atom is -0.356 e. The third-order valence-corrected chi connectivity index (χ3v) is 6.63. The zero-order valence-electron chi connectivity index (χ0n) is 19.4. The molecule has 0 spiro atoms. The molecule has 2 aliphatic rings. The number of carbonyl (C=O) groups is 3. The summed E-state index contributed by atoms with van der Waals surface area (Å²) in [6, 6.07) is 14.2. The van der Waals surface area contributed by atoms with Crippen LogP contribution in [0.3, 0.4) is 0 Å². The Kier molecular flexibility index (Phi) is 5.40. The fourth-order valence-electron chi connectivity index (χ4n) is 5.08. The van der Waals surface area contributed by atoms with Crippen molar-refractivity contribution in [1.29, 1.82) is 0 Å². The molecule has 3 heterocycles. The van der Waals surface area contributed by atoms with Crippen LogP contribution in [0.4, 0.5) is 0 Å². The molecule has 3 amide bonds. The van der Waals surface area contributed by atoms with Crippen molar-refractivity contribution >= 4 is 40.2 Å².